The van der Waals surface area contributed by atoms with Gasteiger partial charge in [-0.15, -0.1) is 12.4 Å². The molecule has 0 N–H and O–H groups in total. The van der Waals surface area contributed by atoms with E-state index in [1.54, 1.807) is 0 Å². The molecule has 2 bridgehead atoms. The van der Waals surface area contributed by atoms with Gasteiger partial charge in [0.2, 0.25) is 0 Å². The molecule has 1 unspecified atom stereocenters. The smallest absolute Gasteiger partial charge is 0.135 e. The fraction of sp³-hybridized carbons (Fsp3) is 0.429. The average Bonchev–Trinajstić information content (AvgIpc) is 3.01. The van der Waals surface area contributed by atoms with Crippen molar-refractivity contribution >= 4 is 34.3 Å². The van der Waals surface area contributed by atoms with E-state index in [0.717, 1.165) is 46.1 Å². The summed E-state index contributed by atoms with van der Waals surface area (Å²) in [6.45, 7) is 4.72. The molecule has 132 valence electrons. The molecule has 3 fully saturated rings. The minimum absolute atomic E-state index is 0. The highest BCUT2D eigenvalue weighted by molar-refractivity contribution is 6.05. The highest BCUT2D eigenvalue weighted by Crippen LogP contribution is 2.35. The van der Waals surface area contributed by atoms with Crippen molar-refractivity contribution in [1.29, 1.82) is 0 Å². The van der Waals surface area contributed by atoms with Gasteiger partial charge in [0.1, 0.15) is 16.9 Å². The van der Waals surface area contributed by atoms with Gasteiger partial charge in [0.25, 0.3) is 0 Å². The minimum Gasteiger partial charge on any atom is -0.494 e. The van der Waals surface area contributed by atoms with E-state index >= 15 is 0 Å². The lowest BCUT2D eigenvalue weighted by Crippen LogP contribution is -2.47. The molecule has 1 aromatic heterocycles. The molecule has 3 saturated heterocycles. The Balaban J connectivity index is 0.00000157. The first kappa shape index (κ1) is 16.7. The number of ether oxygens (including phenoxy) is 1. The van der Waals surface area contributed by atoms with Crippen molar-refractivity contribution in [2.45, 2.75) is 19.3 Å². The van der Waals surface area contributed by atoms with E-state index in [1.165, 1.54) is 38.9 Å². The molecule has 3 aliphatic heterocycles. The van der Waals surface area contributed by atoms with Crippen LogP contribution in [0.15, 0.2) is 46.9 Å². The Kier molecular flexibility index (Phi) is 4.61. The molecule has 25 heavy (non-hydrogen) atoms. The van der Waals surface area contributed by atoms with Crippen LogP contribution in [0, 0.1) is 11.8 Å². The third-order valence-electron chi connectivity index (χ3n) is 5.90. The van der Waals surface area contributed by atoms with Crippen molar-refractivity contribution in [1.82, 2.24) is 4.90 Å². The van der Waals surface area contributed by atoms with E-state index in [9.17, 15) is 0 Å². The summed E-state index contributed by atoms with van der Waals surface area (Å²) < 4.78 is 12.0. The maximum absolute atomic E-state index is 6.08. The SMILES string of the molecule is Cl.c1ccc2c(c1)oc1ccc(OCCC3CN4CCC3CC4)cc12. The van der Waals surface area contributed by atoms with Gasteiger partial charge >= 0.3 is 0 Å². The quantitative estimate of drug-likeness (QED) is 0.648. The molecule has 0 radical (unpaired) electrons. The highest BCUT2D eigenvalue weighted by Gasteiger charge is 2.33. The highest BCUT2D eigenvalue weighted by atomic mass is 35.5. The first-order valence-corrected chi connectivity index (χ1v) is 9.13. The average molecular weight is 358 g/mol. The summed E-state index contributed by atoms with van der Waals surface area (Å²) in [5.41, 5.74) is 1.87. The summed E-state index contributed by atoms with van der Waals surface area (Å²) in [5, 5.41) is 2.31. The Morgan fingerprint density at radius 1 is 1.00 bits per heavy atom. The number of hydrogen-bond donors (Lipinski definition) is 0. The van der Waals surface area contributed by atoms with Crippen molar-refractivity contribution in [3.63, 3.8) is 0 Å². The van der Waals surface area contributed by atoms with Crippen LogP contribution in [0.2, 0.25) is 0 Å². The Hall–Kier alpha value is -1.71. The van der Waals surface area contributed by atoms with E-state index in [-0.39, 0.29) is 12.4 Å². The Morgan fingerprint density at radius 3 is 2.60 bits per heavy atom. The zero-order chi connectivity index (χ0) is 15.9. The Bertz CT molecular complexity index is 867. The van der Waals surface area contributed by atoms with Crippen LogP contribution in [0.4, 0.5) is 0 Å². The summed E-state index contributed by atoms with van der Waals surface area (Å²) in [5.74, 6) is 2.71. The van der Waals surface area contributed by atoms with Gasteiger partial charge in [0.15, 0.2) is 0 Å². The second-order valence-corrected chi connectivity index (χ2v) is 7.29. The molecule has 3 aliphatic rings. The molecule has 1 atom stereocenters. The van der Waals surface area contributed by atoms with Crippen molar-refractivity contribution < 1.29 is 9.15 Å². The maximum atomic E-state index is 6.08. The normalized spacial score (nSPS) is 25.2. The predicted octanol–water partition coefficient (Wildman–Crippen LogP) is 5.12. The molecule has 4 heterocycles. The molecule has 0 amide bonds. The number of furan rings is 1. The summed E-state index contributed by atoms with van der Waals surface area (Å²) >= 11 is 0. The van der Waals surface area contributed by atoms with Gasteiger partial charge in [0.05, 0.1) is 6.61 Å². The van der Waals surface area contributed by atoms with Gasteiger partial charge in [-0.1, -0.05) is 18.2 Å². The van der Waals surface area contributed by atoms with Crippen molar-refractivity contribution in [2.24, 2.45) is 11.8 Å². The van der Waals surface area contributed by atoms with Gasteiger partial charge in [-0.25, -0.2) is 0 Å². The van der Waals surface area contributed by atoms with Gasteiger partial charge in [-0.3, -0.25) is 0 Å². The molecule has 3 nitrogen and oxygen atoms in total. The summed E-state index contributed by atoms with van der Waals surface area (Å²) in [4.78, 5) is 2.62. The summed E-state index contributed by atoms with van der Waals surface area (Å²) in [6, 6.07) is 14.4. The van der Waals surface area contributed by atoms with E-state index in [4.69, 9.17) is 9.15 Å². The second kappa shape index (κ2) is 6.89. The van der Waals surface area contributed by atoms with E-state index in [2.05, 4.69) is 23.1 Å². The fourth-order valence-corrected chi connectivity index (χ4v) is 4.54. The monoisotopic (exact) mass is 357 g/mol. The van der Waals surface area contributed by atoms with Crippen LogP contribution >= 0.6 is 12.4 Å². The third kappa shape index (κ3) is 3.11. The van der Waals surface area contributed by atoms with Crippen LogP contribution in [-0.2, 0) is 0 Å². The Morgan fingerprint density at radius 2 is 1.80 bits per heavy atom. The van der Waals surface area contributed by atoms with Crippen molar-refractivity contribution in [3.8, 4) is 5.75 Å². The first-order valence-electron chi connectivity index (χ1n) is 9.13. The number of rotatable bonds is 4. The number of benzene rings is 2. The number of nitrogens with zero attached hydrogens (tertiary/aromatic N) is 1. The number of fused-ring (bicyclic) bond motifs is 6. The molecule has 3 aromatic rings. The topological polar surface area (TPSA) is 25.6 Å². The molecular weight excluding hydrogens is 334 g/mol. The number of piperidine rings is 3. The van der Waals surface area contributed by atoms with Crippen LogP contribution in [0.5, 0.6) is 5.75 Å². The standard InChI is InChI=1S/C21H23NO2.ClH/c1-2-4-20-18(3-1)19-13-17(5-6-21(19)24-20)23-12-9-16-14-22-10-7-15(16)8-11-22;/h1-6,13,15-16H,7-12,14H2;1H. The first-order chi connectivity index (χ1) is 11.9. The Labute approximate surface area is 154 Å². The molecule has 0 saturated carbocycles. The third-order valence-corrected chi connectivity index (χ3v) is 5.90. The lowest BCUT2D eigenvalue weighted by Gasteiger charge is -2.44. The molecule has 2 aromatic carbocycles. The number of para-hydroxylation sites is 1. The summed E-state index contributed by atoms with van der Waals surface area (Å²) in [7, 11) is 0. The zero-order valence-corrected chi connectivity index (χ0v) is 15.1. The largest absolute Gasteiger partial charge is 0.494 e. The lowest BCUT2D eigenvalue weighted by molar-refractivity contribution is 0.0397. The lowest BCUT2D eigenvalue weighted by atomic mass is 9.78. The van der Waals surface area contributed by atoms with Crippen LogP contribution in [0.1, 0.15) is 19.3 Å². The van der Waals surface area contributed by atoms with Gasteiger partial charge in [0, 0.05) is 17.3 Å². The predicted molar refractivity (Wildman–Crippen MR) is 104 cm³/mol. The zero-order valence-electron chi connectivity index (χ0n) is 14.3. The number of halogens is 1. The fourth-order valence-electron chi connectivity index (χ4n) is 4.54. The van der Waals surface area contributed by atoms with Crippen LogP contribution in [0.3, 0.4) is 0 Å². The van der Waals surface area contributed by atoms with Crippen LogP contribution in [0.25, 0.3) is 21.9 Å². The van der Waals surface area contributed by atoms with E-state index < -0.39 is 0 Å². The van der Waals surface area contributed by atoms with Gasteiger partial charge in [-0.2, -0.15) is 0 Å². The molecule has 0 aliphatic carbocycles. The molecular formula is C21H24ClNO2. The minimum atomic E-state index is 0. The maximum Gasteiger partial charge on any atom is 0.135 e. The summed E-state index contributed by atoms with van der Waals surface area (Å²) in [6.07, 6.45) is 3.95. The second-order valence-electron chi connectivity index (χ2n) is 7.29. The van der Waals surface area contributed by atoms with Crippen LogP contribution < -0.4 is 4.74 Å². The molecule has 0 spiro atoms. The van der Waals surface area contributed by atoms with Crippen molar-refractivity contribution in [3.05, 3.63) is 42.5 Å². The van der Waals surface area contributed by atoms with Gasteiger partial charge < -0.3 is 14.1 Å². The molecule has 4 heteroatoms. The van der Waals surface area contributed by atoms with Crippen LogP contribution in [-0.4, -0.2) is 31.1 Å². The number of hydrogen-bond acceptors (Lipinski definition) is 3. The molecule has 6 rings (SSSR count). The van der Waals surface area contributed by atoms with Gasteiger partial charge in [-0.05, 0) is 68.5 Å². The van der Waals surface area contributed by atoms with Crippen molar-refractivity contribution in [2.75, 3.05) is 26.2 Å². The van der Waals surface area contributed by atoms with E-state index in [0.29, 0.717) is 0 Å². The van der Waals surface area contributed by atoms with E-state index in [1.807, 2.05) is 24.3 Å².